The number of carbonyl (C=O) groups excluding carboxylic acids is 2. The predicted octanol–water partition coefficient (Wildman–Crippen LogP) is 2.82. The van der Waals surface area contributed by atoms with Gasteiger partial charge in [-0.1, -0.05) is 23.8 Å². The zero-order chi connectivity index (χ0) is 21.1. The van der Waals surface area contributed by atoms with Gasteiger partial charge < -0.3 is 10.6 Å². The van der Waals surface area contributed by atoms with Gasteiger partial charge in [0.15, 0.2) is 5.78 Å². The lowest BCUT2D eigenvalue weighted by molar-refractivity contribution is -0.130. The molecule has 3 heterocycles. The molecule has 3 aromatic rings. The third-order valence-corrected chi connectivity index (χ3v) is 5.61. The summed E-state index contributed by atoms with van der Waals surface area (Å²) in [5.74, 6) is 0.112. The summed E-state index contributed by atoms with van der Waals surface area (Å²) in [5, 5.41) is 4.31. The molecule has 0 spiro atoms. The average Bonchev–Trinajstić information content (AvgIpc) is 3.40. The first-order valence-corrected chi connectivity index (χ1v) is 10.1. The van der Waals surface area contributed by atoms with Crippen LogP contribution in [0.15, 0.2) is 55.0 Å². The smallest absolute Gasteiger partial charge is 0.222 e. The fraction of sp³-hybridized carbons (Fsp3) is 0.304. The number of hydrogen-bond donors (Lipinski definition) is 1. The summed E-state index contributed by atoms with van der Waals surface area (Å²) < 4.78 is 1.58. The highest BCUT2D eigenvalue weighted by Gasteiger charge is 2.33. The lowest BCUT2D eigenvalue weighted by Crippen LogP contribution is -2.30. The standard InChI is InChI=1S/C23H25N5O2/c1-16-4-7-19(8-5-16)28-23(24)20(14-26-28)22(30)18-10-12-27(15-18)21(29)9-6-17-3-2-11-25-13-17/h2-5,7-8,11,13-14,18H,6,9-10,12,15,24H2,1H3/t18-/m0/s1. The van der Waals surface area contributed by atoms with Gasteiger partial charge in [0, 0.05) is 37.8 Å². The molecule has 7 heteroatoms. The number of Topliss-reactive ketones (excluding diaryl/α,β-unsaturated/α-hetero) is 1. The Kier molecular flexibility index (Phi) is 5.61. The number of hydrogen-bond acceptors (Lipinski definition) is 5. The minimum Gasteiger partial charge on any atom is -0.383 e. The molecule has 1 amide bonds. The second-order valence-electron chi connectivity index (χ2n) is 7.74. The highest BCUT2D eigenvalue weighted by Crippen LogP contribution is 2.26. The Labute approximate surface area is 175 Å². The van der Waals surface area contributed by atoms with Gasteiger partial charge in [0.25, 0.3) is 0 Å². The molecule has 1 saturated heterocycles. The Morgan fingerprint density at radius 2 is 1.97 bits per heavy atom. The number of ketones is 1. The fourth-order valence-corrected chi connectivity index (χ4v) is 3.82. The summed E-state index contributed by atoms with van der Waals surface area (Å²) in [6.45, 7) is 3.03. The van der Waals surface area contributed by atoms with Crippen LogP contribution < -0.4 is 5.73 Å². The van der Waals surface area contributed by atoms with E-state index in [4.69, 9.17) is 5.73 Å². The summed E-state index contributed by atoms with van der Waals surface area (Å²) in [4.78, 5) is 31.4. The van der Waals surface area contributed by atoms with Crippen LogP contribution in [0.4, 0.5) is 5.82 Å². The number of nitrogens with zero attached hydrogens (tertiary/aromatic N) is 4. The lowest BCUT2D eigenvalue weighted by atomic mass is 9.98. The number of amides is 1. The Bertz CT molecular complexity index is 1040. The van der Waals surface area contributed by atoms with Gasteiger partial charge in [0.2, 0.25) is 5.91 Å². The van der Waals surface area contributed by atoms with Gasteiger partial charge in [-0.15, -0.1) is 0 Å². The number of benzene rings is 1. The highest BCUT2D eigenvalue weighted by atomic mass is 16.2. The van der Waals surface area contributed by atoms with Crippen molar-refractivity contribution in [2.45, 2.75) is 26.2 Å². The number of anilines is 1. The van der Waals surface area contributed by atoms with Crippen molar-refractivity contribution in [3.8, 4) is 5.69 Å². The van der Waals surface area contributed by atoms with Gasteiger partial charge >= 0.3 is 0 Å². The molecule has 2 aromatic heterocycles. The first kappa shape index (κ1) is 19.8. The topological polar surface area (TPSA) is 94.1 Å². The normalized spacial score (nSPS) is 16.0. The van der Waals surface area contributed by atoms with Gasteiger partial charge in [0.05, 0.1) is 17.4 Å². The number of aromatic nitrogens is 3. The molecule has 1 aliphatic heterocycles. The molecule has 7 nitrogen and oxygen atoms in total. The first-order valence-electron chi connectivity index (χ1n) is 10.1. The van der Waals surface area contributed by atoms with Crippen molar-refractivity contribution in [2.75, 3.05) is 18.8 Å². The predicted molar refractivity (Wildman–Crippen MR) is 114 cm³/mol. The van der Waals surface area contributed by atoms with E-state index in [1.807, 2.05) is 43.3 Å². The molecule has 2 N–H and O–H groups in total. The zero-order valence-corrected chi connectivity index (χ0v) is 17.0. The molecule has 30 heavy (non-hydrogen) atoms. The highest BCUT2D eigenvalue weighted by molar-refractivity contribution is 6.02. The number of nitrogen functional groups attached to an aromatic ring is 1. The Balaban J connectivity index is 1.39. The third-order valence-electron chi connectivity index (χ3n) is 5.61. The Morgan fingerprint density at radius 3 is 2.70 bits per heavy atom. The number of aryl methyl sites for hydroxylation is 2. The molecule has 1 fully saturated rings. The summed E-state index contributed by atoms with van der Waals surface area (Å²) in [5.41, 5.74) is 9.65. The van der Waals surface area contributed by atoms with Crippen molar-refractivity contribution < 1.29 is 9.59 Å². The monoisotopic (exact) mass is 403 g/mol. The van der Waals surface area contributed by atoms with Crippen molar-refractivity contribution in [3.63, 3.8) is 0 Å². The van der Waals surface area contributed by atoms with E-state index in [1.54, 1.807) is 22.0 Å². The van der Waals surface area contributed by atoms with Crippen LogP contribution in [0.5, 0.6) is 0 Å². The summed E-state index contributed by atoms with van der Waals surface area (Å²) >= 11 is 0. The van der Waals surface area contributed by atoms with Gasteiger partial charge in [0.1, 0.15) is 5.82 Å². The SMILES string of the molecule is Cc1ccc(-n2ncc(C(=O)[C@H]3CCN(C(=O)CCc4cccnc4)C3)c2N)cc1. The molecule has 1 atom stereocenters. The molecule has 154 valence electrons. The van der Waals surface area contributed by atoms with Gasteiger partial charge in [-0.25, -0.2) is 4.68 Å². The van der Waals surface area contributed by atoms with Crippen molar-refractivity contribution >= 4 is 17.5 Å². The van der Waals surface area contributed by atoms with Crippen molar-refractivity contribution in [3.05, 3.63) is 71.7 Å². The number of likely N-dealkylation sites (tertiary alicyclic amines) is 1. The number of rotatable bonds is 6. The van der Waals surface area contributed by atoms with Gasteiger partial charge in [-0.05, 0) is 43.5 Å². The van der Waals surface area contributed by atoms with E-state index < -0.39 is 0 Å². The van der Waals surface area contributed by atoms with Gasteiger partial charge in [-0.2, -0.15) is 5.10 Å². The molecule has 1 aliphatic rings. The van der Waals surface area contributed by atoms with Crippen molar-refractivity contribution in [2.24, 2.45) is 5.92 Å². The van der Waals surface area contributed by atoms with E-state index in [0.29, 0.717) is 43.7 Å². The maximum atomic E-state index is 13.0. The quantitative estimate of drug-likeness (QED) is 0.639. The van der Waals surface area contributed by atoms with Gasteiger partial charge in [-0.3, -0.25) is 14.6 Å². The largest absolute Gasteiger partial charge is 0.383 e. The Hall–Kier alpha value is -3.48. The van der Waals surface area contributed by atoms with Crippen LogP contribution in [0, 0.1) is 12.8 Å². The molecule has 0 radical (unpaired) electrons. The van der Waals surface area contributed by atoms with Crippen LogP contribution in [-0.2, 0) is 11.2 Å². The minimum atomic E-state index is -0.245. The van der Waals surface area contributed by atoms with Crippen LogP contribution in [0.1, 0.15) is 34.3 Å². The van der Waals surface area contributed by atoms with E-state index in [1.165, 1.54) is 6.20 Å². The molecular weight excluding hydrogens is 378 g/mol. The summed E-state index contributed by atoms with van der Waals surface area (Å²) in [7, 11) is 0. The molecule has 0 aliphatic carbocycles. The number of nitrogens with two attached hydrogens (primary N) is 1. The first-order chi connectivity index (χ1) is 14.5. The van der Waals surface area contributed by atoms with Crippen LogP contribution in [0.25, 0.3) is 5.69 Å². The molecule has 0 saturated carbocycles. The molecule has 0 unspecified atom stereocenters. The maximum Gasteiger partial charge on any atom is 0.222 e. The lowest BCUT2D eigenvalue weighted by Gasteiger charge is -2.16. The number of carbonyl (C=O) groups is 2. The van der Waals surface area contributed by atoms with E-state index >= 15 is 0 Å². The number of pyridine rings is 1. The van der Waals surface area contributed by atoms with E-state index in [2.05, 4.69) is 10.1 Å². The van der Waals surface area contributed by atoms with E-state index in [0.717, 1.165) is 16.8 Å². The minimum absolute atomic E-state index is 0.0478. The summed E-state index contributed by atoms with van der Waals surface area (Å²) in [6, 6.07) is 11.6. The van der Waals surface area contributed by atoms with Crippen LogP contribution in [0.3, 0.4) is 0 Å². The Morgan fingerprint density at radius 1 is 1.17 bits per heavy atom. The third kappa shape index (κ3) is 4.10. The van der Waals surface area contributed by atoms with Crippen LogP contribution in [-0.4, -0.2) is 44.4 Å². The summed E-state index contributed by atoms with van der Waals surface area (Å²) in [6.07, 6.45) is 6.74. The van der Waals surface area contributed by atoms with E-state index in [9.17, 15) is 9.59 Å². The molecule has 0 bridgehead atoms. The van der Waals surface area contributed by atoms with Crippen LogP contribution in [0.2, 0.25) is 0 Å². The second kappa shape index (κ2) is 8.49. The van der Waals surface area contributed by atoms with Crippen molar-refractivity contribution in [1.82, 2.24) is 19.7 Å². The van der Waals surface area contributed by atoms with Crippen LogP contribution >= 0.6 is 0 Å². The molecular formula is C23H25N5O2. The zero-order valence-electron chi connectivity index (χ0n) is 17.0. The second-order valence-corrected chi connectivity index (χ2v) is 7.74. The van der Waals surface area contributed by atoms with E-state index in [-0.39, 0.29) is 17.6 Å². The maximum absolute atomic E-state index is 13.0. The average molecular weight is 403 g/mol. The molecule has 4 rings (SSSR count). The van der Waals surface area contributed by atoms with Crippen molar-refractivity contribution in [1.29, 1.82) is 0 Å². The molecule has 1 aromatic carbocycles. The fourth-order valence-electron chi connectivity index (χ4n) is 3.82.